The van der Waals surface area contributed by atoms with Crippen LogP contribution in [0.4, 0.5) is 24.5 Å². The Labute approximate surface area is 164 Å². The van der Waals surface area contributed by atoms with Crippen LogP contribution < -0.4 is 10.1 Å². The van der Waals surface area contributed by atoms with Crippen LogP contribution in [0.15, 0.2) is 34.8 Å². The van der Waals surface area contributed by atoms with Crippen molar-refractivity contribution in [3.05, 3.63) is 61.3 Å². The van der Waals surface area contributed by atoms with Crippen LogP contribution in [0.5, 0.6) is 5.75 Å². The Hall–Kier alpha value is -2.33. The first-order chi connectivity index (χ1) is 12.8. The van der Waals surface area contributed by atoms with Gasteiger partial charge >= 0.3 is 6.61 Å². The van der Waals surface area contributed by atoms with Gasteiger partial charge in [-0.15, -0.1) is 0 Å². The molecule has 0 aliphatic rings. The van der Waals surface area contributed by atoms with Crippen molar-refractivity contribution in [2.45, 2.75) is 19.1 Å². The highest BCUT2D eigenvalue weighted by Gasteiger charge is 2.27. The van der Waals surface area contributed by atoms with E-state index < -0.39 is 34.8 Å². The van der Waals surface area contributed by atoms with E-state index in [9.17, 15) is 28.1 Å². The highest BCUT2D eigenvalue weighted by atomic mass is 79.9. The average molecular weight is 468 g/mol. The highest BCUT2D eigenvalue weighted by Crippen LogP contribution is 2.40. The molecular weight excluding hydrogens is 457 g/mol. The molecule has 1 atom stereocenters. The van der Waals surface area contributed by atoms with Gasteiger partial charge in [-0.3, -0.25) is 10.1 Å². The van der Waals surface area contributed by atoms with Crippen LogP contribution >= 0.6 is 27.5 Å². The number of nitro benzene ring substituents is 1. The molecule has 0 unspecified atom stereocenters. The first kappa shape index (κ1) is 21.0. The van der Waals surface area contributed by atoms with Crippen molar-refractivity contribution in [1.82, 2.24) is 0 Å². The molecular formula is C16H11BrClF3N2O4. The highest BCUT2D eigenvalue weighted by molar-refractivity contribution is 9.10. The molecule has 0 fully saturated rings. The normalized spacial score (nSPS) is 11.9. The van der Waals surface area contributed by atoms with Gasteiger partial charge in [-0.25, -0.2) is 4.39 Å². The third-order valence-corrected chi connectivity index (χ3v) is 4.48. The molecule has 2 rings (SSSR count). The van der Waals surface area contributed by atoms with Gasteiger partial charge in [-0.2, -0.15) is 8.78 Å². The van der Waals surface area contributed by atoms with E-state index in [-0.39, 0.29) is 27.2 Å². The molecule has 27 heavy (non-hydrogen) atoms. The van der Waals surface area contributed by atoms with Crippen molar-refractivity contribution in [3.63, 3.8) is 0 Å². The third kappa shape index (κ3) is 4.89. The van der Waals surface area contributed by atoms with E-state index >= 15 is 0 Å². The van der Waals surface area contributed by atoms with E-state index in [2.05, 4.69) is 26.0 Å². The van der Waals surface area contributed by atoms with Crippen LogP contribution in [-0.4, -0.2) is 17.8 Å². The molecule has 144 valence electrons. The number of rotatable bonds is 8. The number of carbonyl (C=O) groups is 1. The summed E-state index contributed by atoms with van der Waals surface area (Å²) in [6.45, 7) is -3.15. The van der Waals surface area contributed by atoms with Crippen LogP contribution in [-0.2, 0) is 4.79 Å². The minimum Gasteiger partial charge on any atom is -0.434 e. The van der Waals surface area contributed by atoms with Crippen molar-refractivity contribution >= 4 is 45.2 Å². The predicted octanol–water partition coefficient (Wildman–Crippen LogP) is 5.49. The fourth-order valence-corrected chi connectivity index (χ4v) is 3.19. The molecule has 1 N–H and O–H groups in total. The number of benzene rings is 2. The lowest BCUT2D eigenvalue weighted by molar-refractivity contribution is -0.384. The molecule has 0 spiro atoms. The predicted molar refractivity (Wildman–Crippen MR) is 95.9 cm³/mol. The zero-order chi connectivity index (χ0) is 20.1. The SMILES string of the molecule is O=CC[C@@H](Nc1c([N+](=O)[O-])ccc(Cl)c1F)c1c(Br)cccc1OC(F)F. The van der Waals surface area contributed by atoms with Gasteiger partial charge in [0.05, 0.1) is 16.0 Å². The van der Waals surface area contributed by atoms with E-state index in [1.54, 1.807) is 0 Å². The smallest absolute Gasteiger partial charge is 0.387 e. The largest absolute Gasteiger partial charge is 0.434 e. The first-order valence-corrected chi connectivity index (χ1v) is 8.49. The van der Waals surface area contributed by atoms with E-state index in [1.807, 2.05) is 0 Å². The molecule has 0 saturated heterocycles. The summed E-state index contributed by atoms with van der Waals surface area (Å²) < 4.78 is 44.5. The summed E-state index contributed by atoms with van der Waals surface area (Å²) in [6, 6.07) is 5.04. The zero-order valence-corrected chi connectivity index (χ0v) is 15.6. The van der Waals surface area contributed by atoms with Crippen LogP contribution in [0.3, 0.4) is 0 Å². The van der Waals surface area contributed by atoms with E-state index in [0.29, 0.717) is 6.29 Å². The molecule has 0 bridgehead atoms. The number of ether oxygens (including phenoxy) is 1. The monoisotopic (exact) mass is 466 g/mol. The number of hydrogen-bond acceptors (Lipinski definition) is 5. The minimum absolute atomic E-state index is 0.0681. The fourth-order valence-electron chi connectivity index (χ4n) is 2.40. The first-order valence-electron chi connectivity index (χ1n) is 7.32. The van der Waals surface area contributed by atoms with Crippen LogP contribution in [0.2, 0.25) is 5.02 Å². The van der Waals surface area contributed by atoms with Crippen LogP contribution in [0.1, 0.15) is 18.0 Å². The van der Waals surface area contributed by atoms with Crippen molar-refractivity contribution in [3.8, 4) is 5.75 Å². The van der Waals surface area contributed by atoms with E-state index in [4.69, 9.17) is 11.6 Å². The van der Waals surface area contributed by atoms with Gasteiger partial charge in [0.15, 0.2) is 11.5 Å². The molecule has 2 aromatic rings. The van der Waals surface area contributed by atoms with Gasteiger partial charge in [0.2, 0.25) is 0 Å². The average Bonchev–Trinajstić information content (AvgIpc) is 2.58. The summed E-state index contributed by atoms with van der Waals surface area (Å²) in [4.78, 5) is 21.5. The fraction of sp³-hybridized carbons (Fsp3) is 0.188. The molecule has 0 aliphatic carbocycles. The molecule has 0 aromatic heterocycles. The molecule has 2 aromatic carbocycles. The summed E-state index contributed by atoms with van der Waals surface area (Å²) in [5.74, 6) is -1.38. The molecule has 11 heteroatoms. The second kappa shape index (κ2) is 9.05. The second-order valence-corrected chi connectivity index (χ2v) is 6.40. The Morgan fingerprint density at radius 3 is 2.63 bits per heavy atom. The van der Waals surface area contributed by atoms with Gasteiger partial charge in [-0.05, 0) is 18.2 Å². The molecule has 0 aliphatic heterocycles. The number of alkyl halides is 2. The molecule has 0 saturated carbocycles. The lowest BCUT2D eigenvalue weighted by atomic mass is 10.0. The van der Waals surface area contributed by atoms with Crippen molar-refractivity contribution < 1.29 is 27.6 Å². The quantitative estimate of drug-likeness (QED) is 0.315. The Kier molecular flexibility index (Phi) is 7.03. The third-order valence-electron chi connectivity index (χ3n) is 3.50. The van der Waals surface area contributed by atoms with Crippen molar-refractivity contribution in [2.24, 2.45) is 0 Å². The maximum Gasteiger partial charge on any atom is 0.387 e. The molecule has 0 heterocycles. The summed E-state index contributed by atoms with van der Waals surface area (Å²) in [6.07, 6.45) is 0.142. The van der Waals surface area contributed by atoms with Gasteiger partial charge in [-0.1, -0.05) is 33.6 Å². The maximum absolute atomic E-state index is 14.4. The topological polar surface area (TPSA) is 81.5 Å². The van der Waals surface area contributed by atoms with Crippen molar-refractivity contribution in [2.75, 3.05) is 5.32 Å². The van der Waals surface area contributed by atoms with Crippen LogP contribution in [0, 0.1) is 15.9 Å². The molecule has 6 nitrogen and oxygen atoms in total. The number of carbonyl (C=O) groups excluding carboxylic acids is 1. The summed E-state index contributed by atoms with van der Waals surface area (Å²) in [5, 5.41) is 13.3. The Bertz CT molecular complexity index is 870. The van der Waals surface area contributed by atoms with E-state index in [0.717, 1.165) is 12.1 Å². The molecule has 0 amide bonds. The Balaban J connectivity index is 2.57. The Morgan fingerprint density at radius 1 is 1.33 bits per heavy atom. The number of nitrogens with zero attached hydrogens (tertiary/aromatic N) is 1. The number of hydrogen-bond donors (Lipinski definition) is 1. The zero-order valence-electron chi connectivity index (χ0n) is 13.3. The summed E-state index contributed by atoms with van der Waals surface area (Å²) in [5.41, 5.74) is -1.13. The minimum atomic E-state index is -3.15. The number of aldehydes is 1. The van der Waals surface area contributed by atoms with Gasteiger partial charge in [0.25, 0.3) is 5.69 Å². The standard InChI is InChI=1S/C16H11BrClF3N2O4/c17-8-2-1-3-12(27-16(20)21)13(8)10(6-7-24)22-15-11(23(25)26)5-4-9(18)14(15)19/h1-5,7,10,16,22H,6H2/t10-/m1/s1. The number of nitrogens with one attached hydrogen (secondary N) is 1. The van der Waals surface area contributed by atoms with Crippen LogP contribution in [0.25, 0.3) is 0 Å². The Morgan fingerprint density at radius 2 is 2.04 bits per heavy atom. The lowest BCUT2D eigenvalue weighted by Crippen LogP contribution is -2.17. The van der Waals surface area contributed by atoms with E-state index in [1.165, 1.54) is 18.2 Å². The maximum atomic E-state index is 14.4. The van der Waals surface area contributed by atoms with Crippen molar-refractivity contribution in [1.29, 1.82) is 0 Å². The van der Waals surface area contributed by atoms with Gasteiger partial charge in [0, 0.05) is 22.5 Å². The number of anilines is 1. The number of halogens is 5. The van der Waals surface area contributed by atoms with Gasteiger partial charge in [0.1, 0.15) is 12.0 Å². The molecule has 0 radical (unpaired) electrons. The number of nitro groups is 1. The summed E-state index contributed by atoms with van der Waals surface area (Å²) in [7, 11) is 0. The van der Waals surface area contributed by atoms with Gasteiger partial charge < -0.3 is 14.8 Å². The summed E-state index contributed by atoms with van der Waals surface area (Å²) >= 11 is 8.86. The lowest BCUT2D eigenvalue weighted by Gasteiger charge is -2.22. The second-order valence-electron chi connectivity index (χ2n) is 5.14.